The molecule has 0 fully saturated rings. The number of methoxy groups -OCH3 is 1. The Bertz CT molecular complexity index is 640. The molecular formula is C16H17NO3. The number of rotatable bonds is 2. The van der Waals surface area contributed by atoms with E-state index in [0.29, 0.717) is 0 Å². The van der Waals surface area contributed by atoms with Gasteiger partial charge in [-0.25, -0.2) is 0 Å². The standard InChI is InChI=1S/C16H17NO3/c1-20-12-3-4-13-11(6-12)8-17-9-14(13)10-2-5-15(18)16(19)7-10/h2-7,14,17-19H,8-9H2,1H3. The van der Waals surface area contributed by atoms with Crippen molar-refractivity contribution < 1.29 is 14.9 Å². The molecule has 1 atom stereocenters. The fourth-order valence-electron chi connectivity index (χ4n) is 2.72. The molecule has 1 aliphatic heterocycles. The summed E-state index contributed by atoms with van der Waals surface area (Å²) in [7, 11) is 1.66. The second-order valence-electron chi connectivity index (χ2n) is 5.00. The molecule has 0 radical (unpaired) electrons. The summed E-state index contributed by atoms with van der Waals surface area (Å²) in [5.41, 5.74) is 3.42. The Morgan fingerprint density at radius 1 is 1.10 bits per heavy atom. The molecule has 2 aromatic rings. The Morgan fingerprint density at radius 3 is 2.70 bits per heavy atom. The van der Waals surface area contributed by atoms with E-state index in [-0.39, 0.29) is 17.4 Å². The average molecular weight is 271 g/mol. The third kappa shape index (κ3) is 2.18. The molecule has 3 rings (SSSR count). The van der Waals surface area contributed by atoms with Gasteiger partial charge in [-0.3, -0.25) is 0 Å². The second-order valence-corrected chi connectivity index (χ2v) is 5.00. The Hall–Kier alpha value is -2.20. The minimum atomic E-state index is -0.0903. The molecule has 0 amide bonds. The predicted molar refractivity (Wildman–Crippen MR) is 76.3 cm³/mol. The highest BCUT2D eigenvalue weighted by Crippen LogP contribution is 2.35. The van der Waals surface area contributed by atoms with Gasteiger partial charge in [-0.1, -0.05) is 12.1 Å². The maximum absolute atomic E-state index is 9.67. The molecule has 0 aromatic heterocycles. The fourth-order valence-corrected chi connectivity index (χ4v) is 2.72. The number of aromatic hydroxyl groups is 2. The summed E-state index contributed by atoms with van der Waals surface area (Å²) in [6, 6.07) is 11.1. The first-order valence-electron chi connectivity index (χ1n) is 6.58. The topological polar surface area (TPSA) is 61.7 Å². The van der Waals surface area contributed by atoms with Crippen molar-refractivity contribution in [3.05, 3.63) is 53.1 Å². The van der Waals surface area contributed by atoms with E-state index in [4.69, 9.17) is 4.74 Å². The van der Waals surface area contributed by atoms with Crippen LogP contribution in [0.1, 0.15) is 22.6 Å². The molecule has 0 saturated heterocycles. The largest absolute Gasteiger partial charge is 0.504 e. The lowest BCUT2D eigenvalue weighted by Gasteiger charge is -2.27. The molecule has 0 aliphatic carbocycles. The summed E-state index contributed by atoms with van der Waals surface area (Å²) in [6.45, 7) is 1.62. The van der Waals surface area contributed by atoms with Crippen molar-refractivity contribution in [3.8, 4) is 17.2 Å². The molecule has 4 nitrogen and oxygen atoms in total. The first-order valence-corrected chi connectivity index (χ1v) is 6.58. The van der Waals surface area contributed by atoms with Crippen LogP contribution in [0.25, 0.3) is 0 Å². The lowest BCUT2D eigenvalue weighted by Crippen LogP contribution is -2.28. The van der Waals surface area contributed by atoms with Crippen molar-refractivity contribution in [1.29, 1.82) is 0 Å². The zero-order chi connectivity index (χ0) is 14.1. The molecule has 3 N–H and O–H groups in total. The van der Waals surface area contributed by atoms with Gasteiger partial charge in [-0.05, 0) is 41.0 Å². The Labute approximate surface area is 117 Å². The molecule has 0 bridgehead atoms. The first-order chi connectivity index (χ1) is 9.69. The highest BCUT2D eigenvalue weighted by Gasteiger charge is 2.22. The first kappa shape index (κ1) is 12.8. The van der Waals surface area contributed by atoms with E-state index in [0.717, 1.165) is 24.4 Å². The molecule has 4 heteroatoms. The SMILES string of the molecule is COc1ccc2c(c1)CNCC2c1ccc(O)c(O)c1. The minimum absolute atomic E-state index is 0.0804. The van der Waals surface area contributed by atoms with Gasteiger partial charge in [0.05, 0.1) is 7.11 Å². The van der Waals surface area contributed by atoms with Crippen LogP contribution < -0.4 is 10.1 Å². The fraction of sp³-hybridized carbons (Fsp3) is 0.250. The van der Waals surface area contributed by atoms with Crippen molar-refractivity contribution in [2.75, 3.05) is 13.7 Å². The molecule has 0 spiro atoms. The quantitative estimate of drug-likeness (QED) is 0.734. The average Bonchev–Trinajstić information content (AvgIpc) is 2.49. The van der Waals surface area contributed by atoms with E-state index in [9.17, 15) is 10.2 Å². The zero-order valence-corrected chi connectivity index (χ0v) is 11.3. The van der Waals surface area contributed by atoms with Gasteiger partial charge in [-0.15, -0.1) is 0 Å². The van der Waals surface area contributed by atoms with Gasteiger partial charge in [0.2, 0.25) is 0 Å². The Kier molecular flexibility index (Phi) is 3.24. The summed E-state index contributed by atoms with van der Waals surface area (Å²) < 4.78 is 5.26. The van der Waals surface area contributed by atoms with Crippen molar-refractivity contribution in [1.82, 2.24) is 5.32 Å². The number of fused-ring (bicyclic) bond motifs is 1. The summed E-state index contributed by atoms with van der Waals surface area (Å²) in [4.78, 5) is 0. The van der Waals surface area contributed by atoms with Crippen LogP contribution in [0.2, 0.25) is 0 Å². The molecule has 1 aliphatic rings. The molecule has 1 heterocycles. The van der Waals surface area contributed by atoms with E-state index >= 15 is 0 Å². The number of phenols is 2. The number of phenolic OH excluding ortho intramolecular Hbond substituents is 2. The second kappa shape index (κ2) is 5.06. The van der Waals surface area contributed by atoms with Gasteiger partial charge >= 0.3 is 0 Å². The molecule has 104 valence electrons. The number of benzene rings is 2. The van der Waals surface area contributed by atoms with Crippen LogP contribution in [0.15, 0.2) is 36.4 Å². The summed E-state index contributed by atoms with van der Waals surface area (Å²) in [6.07, 6.45) is 0. The van der Waals surface area contributed by atoms with Gasteiger partial charge in [0.15, 0.2) is 11.5 Å². The highest BCUT2D eigenvalue weighted by molar-refractivity contribution is 5.48. The summed E-state index contributed by atoms with van der Waals surface area (Å²) >= 11 is 0. The number of nitrogens with one attached hydrogen (secondary N) is 1. The van der Waals surface area contributed by atoms with Crippen LogP contribution >= 0.6 is 0 Å². The molecule has 1 unspecified atom stereocenters. The molecular weight excluding hydrogens is 254 g/mol. The third-order valence-corrected chi connectivity index (χ3v) is 3.79. The summed E-state index contributed by atoms with van der Waals surface area (Å²) in [5.74, 6) is 0.839. The minimum Gasteiger partial charge on any atom is -0.504 e. The van der Waals surface area contributed by atoms with Crippen LogP contribution in [0.4, 0.5) is 0 Å². The van der Waals surface area contributed by atoms with E-state index in [1.165, 1.54) is 17.2 Å². The van der Waals surface area contributed by atoms with Crippen molar-refractivity contribution in [2.24, 2.45) is 0 Å². The van der Waals surface area contributed by atoms with Crippen LogP contribution in [-0.4, -0.2) is 23.9 Å². The highest BCUT2D eigenvalue weighted by atomic mass is 16.5. The van der Waals surface area contributed by atoms with Gasteiger partial charge in [0.25, 0.3) is 0 Å². The molecule has 0 saturated carbocycles. The van der Waals surface area contributed by atoms with E-state index in [2.05, 4.69) is 11.4 Å². The Balaban J connectivity index is 2.02. The number of ether oxygens (including phenoxy) is 1. The van der Waals surface area contributed by atoms with Crippen molar-refractivity contribution >= 4 is 0 Å². The molecule has 2 aromatic carbocycles. The molecule has 20 heavy (non-hydrogen) atoms. The van der Waals surface area contributed by atoms with Gasteiger partial charge in [0, 0.05) is 19.0 Å². The predicted octanol–water partition coefficient (Wildman–Crippen LogP) is 2.34. The van der Waals surface area contributed by atoms with Crippen LogP contribution in [0, 0.1) is 0 Å². The zero-order valence-electron chi connectivity index (χ0n) is 11.3. The van der Waals surface area contributed by atoms with Gasteiger partial charge in [-0.2, -0.15) is 0 Å². The third-order valence-electron chi connectivity index (χ3n) is 3.79. The number of hydrogen-bond donors (Lipinski definition) is 3. The maximum Gasteiger partial charge on any atom is 0.157 e. The van der Waals surface area contributed by atoms with Crippen LogP contribution in [-0.2, 0) is 6.54 Å². The van der Waals surface area contributed by atoms with Crippen molar-refractivity contribution in [3.63, 3.8) is 0 Å². The maximum atomic E-state index is 9.67. The normalized spacial score (nSPS) is 17.6. The van der Waals surface area contributed by atoms with E-state index in [1.807, 2.05) is 18.2 Å². The van der Waals surface area contributed by atoms with Crippen molar-refractivity contribution in [2.45, 2.75) is 12.5 Å². The van der Waals surface area contributed by atoms with E-state index < -0.39 is 0 Å². The smallest absolute Gasteiger partial charge is 0.157 e. The monoisotopic (exact) mass is 271 g/mol. The summed E-state index contributed by atoms with van der Waals surface area (Å²) in [5, 5.41) is 22.5. The van der Waals surface area contributed by atoms with Crippen LogP contribution in [0.5, 0.6) is 17.2 Å². The Morgan fingerprint density at radius 2 is 1.95 bits per heavy atom. The van der Waals surface area contributed by atoms with Gasteiger partial charge < -0.3 is 20.3 Å². The van der Waals surface area contributed by atoms with Crippen LogP contribution in [0.3, 0.4) is 0 Å². The van der Waals surface area contributed by atoms with Gasteiger partial charge in [0.1, 0.15) is 5.75 Å². The number of hydrogen-bond acceptors (Lipinski definition) is 4. The van der Waals surface area contributed by atoms with E-state index in [1.54, 1.807) is 13.2 Å². The lowest BCUT2D eigenvalue weighted by atomic mass is 9.85. The lowest BCUT2D eigenvalue weighted by molar-refractivity contribution is 0.402.